The molecule has 0 saturated carbocycles. The van der Waals surface area contributed by atoms with Gasteiger partial charge in [0.1, 0.15) is 11.5 Å². The molecule has 0 aliphatic carbocycles. The maximum absolute atomic E-state index is 13.6. The van der Waals surface area contributed by atoms with E-state index in [4.69, 9.17) is 9.05 Å². The molecule has 0 aliphatic heterocycles. The minimum atomic E-state index is -3.00. The highest BCUT2D eigenvalue weighted by atomic mass is 31.1. The highest BCUT2D eigenvalue weighted by Gasteiger charge is 2.19. The third-order valence-electron chi connectivity index (χ3n) is 6.73. The highest BCUT2D eigenvalue weighted by molar-refractivity contribution is 7.34. The summed E-state index contributed by atoms with van der Waals surface area (Å²) in [4.78, 5) is 0. The van der Waals surface area contributed by atoms with Crippen molar-refractivity contribution >= 4 is 8.25 Å². The van der Waals surface area contributed by atoms with Crippen molar-refractivity contribution in [1.29, 1.82) is 0 Å². The second-order valence-corrected chi connectivity index (χ2v) is 10.2. The largest absolute Gasteiger partial charge is 0.419 e. The van der Waals surface area contributed by atoms with Crippen LogP contribution in [0, 0.1) is 0 Å². The van der Waals surface area contributed by atoms with Crippen LogP contribution in [0.1, 0.15) is 0 Å². The lowest BCUT2D eigenvalue weighted by atomic mass is 9.94. The lowest BCUT2D eigenvalue weighted by Gasteiger charge is -2.18. The van der Waals surface area contributed by atoms with Crippen molar-refractivity contribution in [3.8, 4) is 56.0 Å². The Morgan fingerprint density at radius 3 is 1.02 bits per heavy atom. The van der Waals surface area contributed by atoms with Crippen LogP contribution in [0.4, 0.5) is 0 Å². The molecule has 0 bridgehead atoms. The Bertz CT molecular complexity index is 1610. The van der Waals surface area contributed by atoms with Gasteiger partial charge in [0, 0.05) is 11.1 Å². The second-order valence-electron chi connectivity index (χ2n) is 9.28. The van der Waals surface area contributed by atoms with Crippen molar-refractivity contribution < 1.29 is 13.6 Å². The molecule has 0 saturated heterocycles. The molecular weight excluding hydrogens is 511 g/mol. The number of benzene rings is 6. The Labute approximate surface area is 235 Å². The molecule has 0 fully saturated rings. The summed E-state index contributed by atoms with van der Waals surface area (Å²) < 4.78 is 25.8. The van der Waals surface area contributed by atoms with Crippen molar-refractivity contribution in [3.63, 3.8) is 0 Å². The minimum absolute atomic E-state index is 0.511. The Morgan fingerprint density at radius 1 is 0.350 bits per heavy atom. The lowest BCUT2D eigenvalue weighted by molar-refractivity contribution is 0.417. The van der Waals surface area contributed by atoms with Crippen LogP contribution in [-0.2, 0) is 4.57 Å². The molecule has 0 aromatic heterocycles. The van der Waals surface area contributed by atoms with E-state index in [2.05, 4.69) is 36.4 Å². The van der Waals surface area contributed by atoms with Crippen molar-refractivity contribution in [1.82, 2.24) is 0 Å². The van der Waals surface area contributed by atoms with Gasteiger partial charge in [-0.1, -0.05) is 146 Å². The van der Waals surface area contributed by atoms with Gasteiger partial charge in [-0.3, -0.25) is 0 Å². The van der Waals surface area contributed by atoms with Gasteiger partial charge >= 0.3 is 8.25 Å². The quantitative estimate of drug-likeness (QED) is 0.181. The molecule has 4 heteroatoms. The van der Waals surface area contributed by atoms with E-state index in [0.717, 1.165) is 44.5 Å². The number of hydrogen-bond donors (Lipinski definition) is 0. The fraction of sp³-hybridized carbons (Fsp3) is 0. The van der Waals surface area contributed by atoms with Crippen LogP contribution >= 0.6 is 8.25 Å². The molecule has 0 atom stereocenters. The Kier molecular flexibility index (Phi) is 7.57. The van der Waals surface area contributed by atoms with Gasteiger partial charge in [-0.2, -0.15) is 0 Å². The van der Waals surface area contributed by atoms with Crippen LogP contribution in [-0.4, -0.2) is 0 Å². The van der Waals surface area contributed by atoms with Gasteiger partial charge in [0.05, 0.1) is 0 Å². The summed E-state index contributed by atoms with van der Waals surface area (Å²) in [6.07, 6.45) is 0. The monoisotopic (exact) mass is 538 g/mol. The molecule has 6 rings (SSSR count). The van der Waals surface area contributed by atoms with Gasteiger partial charge in [-0.15, -0.1) is 0 Å². The summed E-state index contributed by atoms with van der Waals surface area (Å²) in [5, 5.41) is 0. The molecule has 0 unspecified atom stereocenters. The minimum Gasteiger partial charge on any atom is -0.417 e. The fourth-order valence-electron chi connectivity index (χ4n) is 4.95. The van der Waals surface area contributed by atoms with Gasteiger partial charge in [0.2, 0.25) is 0 Å². The Balaban J connectivity index is 1.40. The van der Waals surface area contributed by atoms with Crippen LogP contribution in [0.5, 0.6) is 11.5 Å². The van der Waals surface area contributed by atoms with Crippen molar-refractivity contribution in [3.05, 3.63) is 158 Å². The normalized spacial score (nSPS) is 10.8. The third kappa shape index (κ3) is 5.47. The standard InChI is InChI=1S/C36H27O3P/c37-40(38-33-25-13-23-31(27-15-5-1-6-16-27)35(33)29-19-9-3-10-20-29)39-34-26-14-24-32(28-17-7-2-8-18-28)36(34)30-21-11-4-12-22-30/h1-26,40H. The topological polar surface area (TPSA) is 35.5 Å². The summed E-state index contributed by atoms with van der Waals surface area (Å²) >= 11 is 0. The van der Waals surface area contributed by atoms with Crippen LogP contribution < -0.4 is 9.05 Å². The first kappa shape index (κ1) is 25.4. The maximum Gasteiger partial charge on any atom is 0.419 e. The van der Waals surface area contributed by atoms with Crippen LogP contribution in [0.2, 0.25) is 0 Å². The van der Waals surface area contributed by atoms with E-state index in [1.165, 1.54) is 0 Å². The molecule has 6 aromatic carbocycles. The number of hydrogen-bond acceptors (Lipinski definition) is 3. The first-order chi connectivity index (χ1) is 19.8. The van der Waals surface area contributed by atoms with Crippen molar-refractivity contribution in [2.75, 3.05) is 0 Å². The first-order valence-corrected chi connectivity index (χ1v) is 14.4. The molecule has 3 nitrogen and oxygen atoms in total. The average Bonchev–Trinajstić information content (AvgIpc) is 3.02. The Morgan fingerprint density at radius 2 is 0.675 bits per heavy atom. The SMILES string of the molecule is O=[PH](Oc1cccc(-c2ccccc2)c1-c1ccccc1)Oc1cccc(-c2ccccc2)c1-c1ccccc1. The van der Waals surface area contributed by atoms with Gasteiger partial charge in [-0.05, 0) is 45.5 Å². The zero-order chi connectivity index (χ0) is 27.1. The fourth-order valence-corrected chi connectivity index (χ4v) is 5.70. The van der Waals surface area contributed by atoms with Gasteiger partial charge in [0.25, 0.3) is 0 Å². The molecule has 194 valence electrons. The molecule has 0 N–H and O–H groups in total. The van der Waals surface area contributed by atoms with Crippen LogP contribution in [0.25, 0.3) is 44.5 Å². The summed E-state index contributed by atoms with van der Waals surface area (Å²) in [5.74, 6) is 1.02. The molecular formula is C36H27O3P. The molecule has 0 spiro atoms. The lowest BCUT2D eigenvalue weighted by Crippen LogP contribution is -1.96. The van der Waals surface area contributed by atoms with E-state index < -0.39 is 8.25 Å². The van der Waals surface area contributed by atoms with Gasteiger partial charge < -0.3 is 9.05 Å². The van der Waals surface area contributed by atoms with Gasteiger partial charge in [-0.25, -0.2) is 4.57 Å². The summed E-state index contributed by atoms with van der Waals surface area (Å²) in [6, 6.07) is 51.9. The van der Waals surface area contributed by atoms with E-state index >= 15 is 0 Å². The molecule has 40 heavy (non-hydrogen) atoms. The summed E-state index contributed by atoms with van der Waals surface area (Å²) in [6.45, 7) is 0. The summed E-state index contributed by atoms with van der Waals surface area (Å²) in [7, 11) is -3.00. The number of rotatable bonds is 8. The van der Waals surface area contributed by atoms with Crippen molar-refractivity contribution in [2.45, 2.75) is 0 Å². The van der Waals surface area contributed by atoms with E-state index in [0.29, 0.717) is 11.5 Å². The third-order valence-corrected chi connectivity index (χ3v) is 7.51. The highest BCUT2D eigenvalue weighted by Crippen LogP contribution is 2.46. The van der Waals surface area contributed by atoms with Crippen molar-refractivity contribution in [2.24, 2.45) is 0 Å². The molecule has 0 amide bonds. The molecule has 0 radical (unpaired) electrons. The van der Waals surface area contributed by atoms with E-state index in [-0.39, 0.29) is 0 Å². The average molecular weight is 539 g/mol. The first-order valence-electron chi connectivity index (χ1n) is 13.2. The van der Waals surface area contributed by atoms with Crippen LogP contribution in [0.3, 0.4) is 0 Å². The zero-order valence-corrected chi connectivity index (χ0v) is 22.7. The van der Waals surface area contributed by atoms with E-state index in [1.54, 1.807) is 0 Å². The van der Waals surface area contributed by atoms with Gasteiger partial charge in [0.15, 0.2) is 0 Å². The molecule has 0 aliphatic rings. The second kappa shape index (κ2) is 11.9. The van der Waals surface area contributed by atoms with E-state index in [9.17, 15) is 4.57 Å². The molecule has 6 aromatic rings. The summed E-state index contributed by atoms with van der Waals surface area (Å²) in [5.41, 5.74) is 7.79. The van der Waals surface area contributed by atoms with Crippen LogP contribution in [0.15, 0.2) is 158 Å². The zero-order valence-electron chi connectivity index (χ0n) is 21.7. The maximum atomic E-state index is 13.6. The predicted octanol–water partition coefficient (Wildman–Crippen LogP) is 10.2. The predicted molar refractivity (Wildman–Crippen MR) is 165 cm³/mol. The smallest absolute Gasteiger partial charge is 0.417 e. The molecule has 0 heterocycles. The Hall–Kier alpha value is -4.85. The van der Waals surface area contributed by atoms with E-state index in [1.807, 2.05) is 121 Å².